The average Bonchev–Trinajstić information content (AvgIpc) is 2.86. The molecule has 0 heteroatoms. The normalized spacial score (nSPS) is 11.8. The van der Waals surface area contributed by atoms with E-state index in [-0.39, 0.29) is 0 Å². The quantitative estimate of drug-likeness (QED) is 0.189. The summed E-state index contributed by atoms with van der Waals surface area (Å²) in [5.41, 5.74) is 2.55. The van der Waals surface area contributed by atoms with Crippen molar-refractivity contribution in [2.45, 2.75) is 0 Å². The summed E-state index contributed by atoms with van der Waals surface area (Å²) in [7, 11) is 0. The molecule has 0 bridgehead atoms. The number of rotatable bonds is 1. The first-order valence-corrected chi connectivity index (χ1v) is 11.1. The van der Waals surface area contributed by atoms with E-state index in [0.717, 1.165) is 0 Å². The van der Waals surface area contributed by atoms with Crippen LogP contribution in [0.4, 0.5) is 0 Å². The molecule has 7 rings (SSSR count). The molecule has 32 heavy (non-hydrogen) atoms. The maximum absolute atomic E-state index is 2.37. The summed E-state index contributed by atoms with van der Waals surface area (Å²) in [5.74, 6) is 0. The molecule has 0 heterocycles. The van der Waals surface area contributed by atoms with Crippen molar-refractivity contribution >= 4 is 53.9 Å². The summed E-state index contributed by atoms with van der Waals surface area (Å²) >= 11 is 0. The summed E-state index contributed by atoms with van der Waals surface area (Å²) < 4.78 is 0. The van der Waals surface area contributed by atoms with Crippen LogP contribution in [0.5, 0.6) is 0 Å². The van der Waals surface area contributed by atoms with E-state index in [1.807, 2.05) is 0 Å². The Hall–Kier alpha value is -4.16. The van der Waals surface area contributed by atoms with Crippen molar-refractivity contribution in [2.75, 3.05) is 0 Å². The van der Waals surface area contributed by atoms with E-state index < -0.39 is 0 Å². The van der Waals surface area contributed by atoms with Crippen molar-refractivity contribution in [2.24, 2.45) is 0 Å². The summed E-state index contributed by atoms with van der Waals surface area (Å²) in [4.78, 5) is 0. The zero-order valence-corrected chi connectivity index (χ0v) is 17.5. The largest absolute Gasteiger partial charge is 0.0622 e. The highest BCUT2D eigenvalue weighted by molar-refractivity contribution is 6.26. The highest BCUT2D eigenvalue weighted by atomic mass is 14.2. The molecule has 0 nitrogen and oxygen atoms in total. The molecule has 148 valence electrons. The lowest BCUT2D eigenvalue weighted by Gasteiger charge is -2.15. The molecule has 0 radical (unpaired) electrons. The lowest BCUT2D eigenvalue weighted by atomic mass is 9.88. The molecule has 0 amide bonds. The van der Waals surface area contributed by atoms with Crippen LogP contribution in [0.3, 0.4) is 0 Å². The average molecular weight is 405 g/mol. The Morgan fingerprint density at radius 2 is 0.844 bits per heavy atom. The van der Waals surface area contributed by atoms with Gasteiger partial charge in [-0.05, 0) is 95.3 Å². The fourth-order valence-electron chi connectivity index (χ4n) is 5.21. The lowest BCUT2D eigenvalue weighted by Crippen LogP contribution is -1.88. The number of benzene rings is 7. The molecule has 0 atom stereocenters. The second-order valence-electron chi connectivity index (χ2n) is 8.62. The number of hydrogen-bond donors (Lipinski definition) is 0. The van der Waals surface area contributed by atoms with Gasteiger partial charge in [-0.1, -0.05) is 91.0 Å². The molecule has 0 aliphatic heterocycles. The summed E-state index contributed by atoms with van der Waals surface area (Å²) in [6, 6.07) is 44.5. The monoisotopic (exact) mass is 404 g/mol. The van der Waals surface area contributed by atoms with Gasteiger partial charge in [-0.3, -0.25) is 0 Å². The minimum atomic E-state index is 1.26. The fraction of sp³-hybridized carbons (Fsp3) is 0. The van der Waals surface area contributed by atoms with Crippen LogP contribution in [0.2, 0.25) is 0 Å². The fourth-order valence-corrected chi connectivity index (χ4v) is 5.21. The smallest absolute Gasteiger partial charge is 0.00201 e. The highest BCUT2D eigenvalue weighted by Crippen LogP contribution is 2.41. The van der Waals surface area contributed by atoms with Gasteiger partial charge >= 0.3 is 0 Å². The molecule has 7 aromatic carbocycles. The van der Waals surface area contributed by atoms with Gasteiger partial charge in [-0.25, -0.2) is 0 Å². The third-order valence-corrected chi connectivity index (χ3v) is 6.75. The first kappa shape index (κ1) is 17.5. The summed E-state index contributed by atoms with van der Waals surface area (Å²) in [5, 5.41) is 13.0. The van der Waals surface area contributed by atoms with Gasteiger partial charge in [0.05, 0.1) is 0 Å². The molecular weight excluding hydrogens is 384 g/mol. The van der Waals surface area contributed by atoms with E-state index in [1.165, 1.54) is 65.0 Å². The minimum absolute atomic E-state index is 1.26. The second-order valence-corrected chi connectivity index (χ2v) is 8.62. The zero-order valence-electron chi connectivity index (χ0n) is 17.5. The van der Waals surface area contributed by atoms with Gasteiger partial charge in [0.1, 0.15) is 0 Å². The predicted octanol–water partition coefficient (Wildman–Crippen LogP) is 9.12. The molecule has 0 fully saturated rings. The second kappa shape index (κ2) is 6.67. The Kier molecular flexibility index (Phi) is 3.65. The van der Waals surface area contributed by atoms with Gasteiger partial charge in [0.2, 0.25) is 0 Å². The molecule has 0 N–H and O–H groups in total. The number of hydrogen-bond acceptors (Lipinski definition) is 0. The maximum Gasteiger partial charge on any atom is -0.00201 e. The van der Waals surface area contributed by atoms with Crippen LogP contribution >= 0.6 is 0 Å². The van der Waals surface area contributed by atoms with E-state index >= 15 is 0 Å². The van der Waals surface area contributed by atoms with Crippen LogP contribution in [-0.4, -0.2) is 0 Å². The molecule has 0 aliphatic rings. The van der Waals surface area contributed by atoms with Gasteiger partial charge in [0, 0.05) is 0 Å². The Morgan fingerprint density at radius 1 is 0.312 bits per heavy atom. The van der Waals surface area contributed by atoms with Gasteiger partial charge in [-0.2, -0.15) is 0 Å². The number of fused-ring (bicyclic) bond motifs is 7. The van der Waals surface area contributed by atoms with Gasteiger partial charge < -0.3 is 0 Å². The van der Waals surface area contributed by atoms with E-state index in [2.05, 4.69) is 121 Å². The minimum Gasteiger partial charge on any atom is -0.0622 e. The van der Waals surface area contributed by atoms with Crippen molar-refractivity contribution in [1.82, 2.24) is 0 Å². The topological polar surface area (TPSA) is 0 Å². The first-order chi connectivity index (χ1) is 15.8. The molecule has 0 aliphatic carbocycles. The van der Waals surface area contributed by atoms with E-state index in [9.17, 15) is 0 Å². The van der Waals surface area contributed by atoms with Crippen molar-refractivity contribution in [3.8, 4) is 11.1 Å². The Morgan fingerprint density at radius 3 is 1.50 bits per heavy atom. The van der Waals surface area contributed by atoms with E-state index in [0.29, 0.717) is 0 Å². The molecule has 0 saturated carbocycles. The maximum atomic E-state index is 2.37. The Labute approximate surface area is 186 Å². The molecule has 7 aromatic rings. The van der Waals surface area contributed by atoms with Crippen LogP contribution < -0.4 is 0 Å². The van der Waals surface area contributed by atoms with Crippen LogP contribution in [0.25, 0.3) is 65.0 Å². The Balaban J connectivity index is 1.74. The SMILES string of the molecule is c1ccc(-c2cc3cc4ccccc4cc3c3c2ccc2cc4ccccc4cc23)cc1. The summed E-state index contributed by atoms with van der Waals surface area (Å²) in [6.45, 7) is 0. The highest BCUT2D eigenvalue weighted by Gasteiger charge is 2.13. The standard InChI is InChI=1S/C32H20/c1-2-8-21(9-3-1)29-20-27-17-23-11-5-7-13-25(23)19-31(27)32-28(29)15-14-26-16-22-10-4-6-12-24(22)18-30(26)32/h1-20H. The molecule has 0 unspecified atom stereocenters. The summed E-state index contributed by atoms with van der Waals surface area (Å²) in [6.07, 6.45) is 0. The first-order valence-electron chi connectivity index (χ1n) is 11.1. The Bertz CT molecular complexity index is 1780. The van der Waals surface area contributed by atoms with Crippen molar-refractivity contribution in [1.29, 1.82) is 0 Å². The van der Waals surface area contributed by atoms with Crippen LogP contribution in [-0.2, 0) is 0 Å². The van der Waals surface area contributed by atoms with E-state index in [4.69, 9.17) is 0 Å². The third-order valence-electron chi connectivity index (χ3n) is 6.75. The third kappa shape index (κ3) is 2.57. The van der Waals surface area contributed by atoms with Gasteiger partial charge in [0.25, 0.3) is 0 Å². The predicted molar refractivity (Wildman–Crippen MR) is 139 cm³/mol. The molecular formula is C32H20. The van der Waals surface area contributed by atoms with Crippen molar-refractivity contribution < 1.29 is 0 Å². The van der Waals surface area contributed by atoms with Crippen molar-refractivity contribution in [3.05, 3.63) is 121 Å². The molecule has 0 aromatic heterocycles. The molecule has 0 saturated heterocycles. The van der Waals surface area contributed by atoms with Gasteiger partial charge in [0.15, 0.2) is 0 Å². The zero-order chi connectivity index (χ0) is 21.1. The molecule has 0 spiro atoms. The van der Waals surface area contributed by atoms with Crippen LogP contribution in [0, 0.1) is 0 Å². The lowest BCUT2D eigenvalue weighted by molar-refractivity contribution is 1.67. The van der Waals surface area contributed by atoms with Crippen LogP contribution in [0.1, 0.15) is 0 Å². The van der Waals surface area contributed by atoms with Crippen molar-refractivity contribution in [3.63, 3.8) is 0 Å². The van der Waals surface area contributed by atoms with Gasteiger partial charge in [-0.15, -0.1) is 0 Å². The van der Waals surface area contributed by atoms with Crippen LogP contribution in [0.15, 0.2) is 121 Å². The van der Waals surface area contributed by atoms with E-state index in [1.54, 1.807) is 0 Å².